The van der Waals surface area contributed by atoms with E-state index in [0.717, 1.165) is 5.69 Å². The van der Waals surface area contributed by atoms with E-state index in [2.05, 4.69) is 0 Å². The van der Waals surface area contributed by atoms with Crippen LogP contribution < -0.4 is 10.6 Å². The minimum Gasteiger partial charge on any atom is -0.319 e. The second-order valence-electron chi connectivity index (χ2n) is 5.58. The van der Waals surface area contributed by atoms with Gasteiger partial charge in [-0.2, -0.15) is 0 Å². The first kappa shape index (κ1) is 13.7. The van der Waals surface area contributed by atoms with Crippen molar-refractivity contribution in [3.63, 3.8) is 0 Å². The summed E-state index contributed by atoms with van der Waals surface area (Å²) in [6.45, 7) is 7.93. The zero-order chi connectivity index (χ0) is 13.2. The number of amides is 1. The lowest BCUT2D eigenvalue weighted by Gasteiger charge is -2.30. The summed E-state index contributed by atoms with van der Waals surface area (Å²) in [6.07, 6.45) is 0. The first-order valence-corrected chi connectivity index (χ1v) is 5.83. The number of carbonyl (C=O) groups is 1. The van der Waals surface area contributed by atoms with E-state index in [4.69, 9.17) is 5.73 Å². The van der Waals surface area contributed by atoms with Crippen LogP contribution in [0.1, 0.15) is 26.3 Å². The predicted molar refractivity (Wildman–Crippen MR) is 72.0 cm³/mol. The molecule has 0 saturated heterocycles. The SMILES string of the molecule is Cc1ccc(N(C)C(=O)[C@@H](N)C(C)(C)C)cc1. The van der Waals surface area contributed by atoms with E-state index in [1.54, 1.807) is 11.9 Å². The Morgan fingerprint density at radius 3 is 2.12 bits per heavy atom. The molecule has 0 aromatic heterocycles. The van der Waals surface area contributed by atoms with Gasteiger partial charge < -0.3 is 10.6 Å². The van der Waals surface area contributed by atoms with Crippen molar-refractivity contribution in [2.75, 3.05) is 11.9 Å². The van der Waals surface area contributed by atoms with Crippen LogP contribution in [0.25, 0.3) is 0 Å². The zero-order valence-electron chi connectivity index (χ0n) is 11.3. The molecule has 0 aliphatic rings. The van der Waals surface area contributed by atoms with Gasteiger partial charge in [0.15, 0.2) is 0 Å². The summed E-state index contributed by atoms with van der Waals surface area (Å²) in [5, 5.41) is 0. The van der Waals surface area contributed by atoms with Crippen molar-refractivity contribution in [1.29, 1.82) is 0 Å². The van der Waals surface area contributed by atoms with Gasteiger partial charge in [-0.1, -0.05) is 38.5 Å². The average molecular weight is 234 g/mol. The van der Waals surface area contributed by atoms with Gasteiger partial charge in [-0.25, -0.2) is 0 Å². The molecule has 1 rings (SSSR count). The standard InChI is InChI=1S/C14H22N2O/c1-10-6-8-11(9-7-10)16(5)13(17)12(15)14(2,3)4/h6-9,12H,15H2,1-5H3/t12-/m1/s1. The van der Waals surface area contributed by atoms with Crippen LogP contribution in [0.15, 0.2) is 24.3 Å². The van der Waals surface area contributed by atoms with Gasteiger partial charge in [0, 0.05) is 12.7 Å². The summed E-state index contributed by atoms with van der Waals surface area (Å²) in [4.78, 5) is 13.8. The number of likely N-dealkylation sites (N-methyl/N-ethyl adjacent to an activating group) is 1. The van der Waals surface area contributed by atoms with Crippen LogP contribution in [0, 0.1) is 12.3 Å². The minimum atomic E-state index is -0.492. The topological polar surface area (TPSA) is 46.3 Å². The maximum Gasteiger partial charge on any atom is 0.244 e. The van der Waals surface area contributed by atoms with Crippen molar-refractivity contribution in [1.82, 2.24) is 0 Å². The number of benzene rings is 1. The Hall–Kier alpha value is -1.35. The summed E-state index contributed by atoms with van der Waals surface area (Å²) in [5.74, 6) is -0.0543. The summed E-state index contributed by atoms with van der Waals surface area (Å²) < 4.78 is 0. The molecule has 3 nitrogen and oxygen atoms in total. The van der Waals surface area contributed by atoms with Gasteiger partial charge in [-0.15, -0.1) is 0 Å². The molecular weight excluding hydrogens is 212 g/mol. The lowest BCUT2D eigenvalue weighted by Crippen LogP contribution is -2.49. The number of hydrogen-bond donors (Lipinski definition) is 1. The monoisotopic (exact) mass is 234 g/mol. The first-order chi connectivity index (χ1) is 7.73. The van der Waals surface area contributed by atoms with Gasteiger partial charge in [0.25, 0.3) is 0 Å². The third kappa shape index (κ3) is 3.30. The van der Waals surface area contributed by atoms with Gasteiger partial charge in [-0.3, -0.25) is 4.79 Å². The molecule has 1 aromatic carbocycles. The van der Waals surface area contributed by atoms with Crippen LogP contribution in [0.4, 0.5) is 5.69 Å². The highest BCUT2D eigenvalue weighted by Gasteiger charge is 2.30. The van der Waals surface area contributed by atoms with Crippen molar-refractivity contribution in [3.05, 3.63) is 29.8 Å². The number of hydrogen-bond acceptors (Lipinski definition) is 2. The lowest BCUT2D eigenvalue weighted by molar-refractivity contribution is -0.121. The minimum absolute atomic E-state index is 0.0543. The Labute approximate surface area is 104 Å². The average Bonchev–Trinajstić information content (AvgIpc) is 2.26. The molecule has 0 spiro atoms. The number of anilines is 1. The van der Waals surface area contributed by atoms with Gasteiger partial charge in [0.2, 0.25) is 5.91 Å². The van der Waals surface area contributed by atoms with Crippen LogP contribution in [-0.2, 0) is 4.79 Å². The molecule has 0 aliphatic heterocycles. The number of carbonyl (C=O) groups excluding carboxylic acids is 1. The molecule has 1 aromatic rings. The van der Waals surface area contributed by atoms with Crippen LogP contribution in [0.5, 0.6) is 0 Å². The third-order valence-corrected chi connectivity index (χ3v) is 2.95. The summed E-state index contributed by atoms with van der Waals surface area (Å²) in [7, 11) is 1.76. The Morgan fingerprint density at radius 1 is 1.24 bits per heavy atom. The maximum absolute atomic E-state index is 12.2. The second-order valence-corrected chi connectivity index (χ2v) is 5.58. The normalized spacial score (nSPS) is 13.3. The summed E-state index contributed by atoms with van der Waals surface area (Å²) in [5.41, 5.74) is 7.80. The molecule has 1 amide bonds. The van der Waals surface area contributed by atoms with E-state index < -0.39 is 6.04 Å². The Kier molecular flexibility index (Phi) is 3.94. The highest BCUT2D eigenvalue weighted by Crippen LogP contribution is 2.21. The fraction of sp³-hybridized carbons (Fsp3) is 0.500. The van der Waals surface area contributed by atoms with Gasteiger partial charge in [0.05, 0.1) is 6.04 Å². The second kappa shape index (κ2) is 4.88. The van der Waals surface area contributed by atoms with E-state index in [1.807, 2.05) is 52.0 Å². The molecule has 94 valence electrons. The van der Waals surface area contributed by atoms with Crippen molar-refractivity contribution >= 4 is 11.6 Å². The molecule has 0 saturated carbocycles. The van der Waals surface area contributed by atoms with Crippen LogP contribution in [-0.4, -0.2) is 19.0 Å². The number of nitrogens with zero attached hydrogens (tertiary/aromatic N) is 1. The molecule has 0 bridgehead atoms. The fourth-order valence-corrected chi connectivity index (χ4v) is 1.47. The number of nitrogens with two attached hydrogens (primary N) is 1. The molecule has 0 heterocycles. The number of rotatable bonds is 2. The highest BCUT2D eigenvalue weighted by atomic mass is 16.2. The van der Waals surface area contributed by atoms with Crippen molar-refractivity contribution in [2.24, 2.45) is 11.1 Å². The van der Waals surface area contributed by atoms with E-state index in [0.29, 0.717) is 0 Å². The van der Waals surface area contributed by atoms with E-state index in [-0.39, 0.29) is 11.3 Å². The van der Waals surface area contributed by atoms with Crippen LogP contribution in [0.2, 0.25) is 0 Å². The smallest absolute Gasteiger partial charge is 0.244 e. The molecule has 0 unspecified atom stereocenters. The van der Waals surface area contributed by atoms with Gasteiger partial charge in [0.1, 0.15) is 0 Å². The Morgan fingerprint density at radius 2 is 1.71 bits per heavy atom. The molecular formula is C14H22N2O. The van der Waals surface area contributed by atoms with Crippen LogP contribution >= 0.6 is 0 Å². The molecule has 1 atom stereocenters. The predicted octanol–water partition coefficient (Wildman–Crippen LogP) is 2.33. The largest absolute Gasteiger partial charge is 0.319 e. The first-order valence-electron chi connectivity index (χ1n) is 5.83. The molecule has 17 heavy (non-hydrogen) atoms. The number of aryl methyl sites for hydroxylation is 1. The lowest BCUT2D eigenvalue weighted by atomic mass is 9.86. The third-order valence-electron chi connectivity index (χ3n) is 2.95. The zero-order valence-corrected chi connectivity index (χ0v) is 11.3. The molecule has 3 heteroatoms. The summed E-state index contributed by atoms with van der Waals surface area (Å²) in [6, 6.07) is 7.35. The molecule has 0 radical (unpaired) electrons. The van der Waals surface area contributed by atoms with E-state index >= 15 is 0 Å². The van der Waals surface area contributed by atoms with Crippen LogP contribution in [0.3, 0.4) is 0 Å². The highest BCUT2D eigenvalue weighted by molar-refractivity contribution is 5.97. The molecule has 0 aliphatic carbocycles. The van der Waals surface area contributed by atoms with Crippen molar-refractivity contribution < 1.29 is 4.79 Å². The van der Waals surface area contributed by atoms with E-state index in [9.17, 15) is 4.79 Å². The summed E-state index contributed by atoms with van der Waals surface area (Å²) >= 11 is 0. The fourth-order valence-electron chi connectivity index (χ4n) is 1.47. The quantitative estimate of drug-likeness (QED) is 0.853. The maximum atomic E-state index is 12.2. The van der Waals surface area contributed by atoms with Gasteiger partial charge in [-0.05, 0) is 24.5 Å². The molecule has 2 N–H and O–H groups in total. The molecule has 0 fully saturated rings. The Bertz CT molecular complexity index is 390. The Balaban J connectivity index is 2.87. The van der Waals surface area contributed by atoms with Gasteiger partial charge >= 0.3 is 0 Å². The van der Waals surface area contributed by atoms with E-state index in [1.165, 1.54) is 5.56 Å². The van der Waals surface area contributed by atoms with Crippen molar-refractivity contribution in [3.8, 4) is 0 Å². The van der Waals surface area contributed by atoms with Crippen molar-refractivity contribution in [2.45, 2.75) is 33.7 Å².